The van der Waals surface area contributed by atoms with Gasteiger partial charge >= 0.3 is 0 Å². The van der Waals surface area contributed by atoms with E-state index in [2.05, 4.69) is 23.7 Å². The number of hydrogen-bond donors (Lipinski definition) is 0. The summed E-state index contributed by atoms with van der Waals surface area (Å²) in [6.45, 7) is 8.02. The van der Waals surface area contributed by atoms with Gasteiger partial charge in [0.1, 0.15) is 5.69 Å². The molecule has 0 saturated heterocycles. The van der Waals surface area contributed by atoms with Gasteiger partial charge in [0.2, 0.25) is 5.13 Å². The molecule has 0 radical (unpaired) electrons. The minimum absolute atomic E-state index is 0.205. The van der Waals surface area contributed by atoms with E-state index in [0.717, 1.165) is 40.7 Å². The first-order valence-electron chi connectivity index (χ1n) is 6.14. The van der Waals surface area contributed by atoms with Crippen molar-refractivity contribution in [2.45, 2.75) is 20.8 Å². The van der Waals surface area contributed by atoms with Crippen molar-refractivity contribution in [3.8, 4) is 11.3 Å². The summed E-state index contributed by atoms with van der Waals surface area (Å²) in [5.41, 5.74) is 2.47. The summed E-state index contributed by atoms with van der Waals surface area (Å²) in [5, 5.41) is 0.554. The second-order valence-corrected chi connectivity index (χ2v) is 5.23. The molecule has 2 aromatic rings. The highest BCUT2D eigenvalue weighted by molar-refractivity contribution is 7.10. The zero-order chi connectivity index (χ0) is 13.1. The lowest BCUT2D eigenvalue weighted by molar-refractivity contribution is 0.657. The van der Waals surface area contributed by atoms with E-state index < -0.39 is 0 Å². The van der Waals surface area contributed by atoms with Crippen LogP contribution in [0.2, 0.25) is 0 Å². The molecule has 18 heavy (non-hydrogen) atoms. The first kappa shape index (κ1) is 13.0. The van der Waals surface area contributed by atoms with E-state index in [9.17, 15) is 4.39 Å². The van der Waals surface area contributed by atoms with Crippen molar-refractivity contribution >= 4 is 17.0 Å². The van der Waals surface area contributed by atoms with Crippen LogP contribution in [0, 0.1) is 12.1 Å². The van der Waals surface area contributed by atoms with Gasteiger partial charge < -0.3 is 4.90 Å². The third kappa shape index (κ3) is 2.53. The molecule has 0 spiro atoms. The topological polar surface area (TPSA) is 16.1 Å². The van der Waals surface area contributed by atoms with E-state index in [1.807, 2.05) is 31.2 Å². The molecule has 4 heteroatoms. The molecule has 2 rings (SSSR count). The zero-order valence-corrected chi connectivity index (χ0v) is 11.7. The maximum atomic E-state index is 13.6. The summed E-state index contributed by atoms with van der Waals surface area (Å²) in [5.74, 6) is 0. The Morgan fingerprint density at radius 3 is 2.22 bits per heavy atom. The van der Waals surface area contributed by atoms with E-state index in [1.165, 1.54) is 0 Å². The van der Waals surface area contributed by atoms with Crippen LogP contribution in [0.4, 0.5) is 10.1 Å². The van der Waals surface area contributed by atoms with Crippen molar-refractivity contribution in [1.29, 1.82) is 0 Å². The summed E-state index contributed by atoms with van der Waals surface area (Å²) in [7, 11) is 0. The summed E-state index contributed by atoms with van der Waals surface area (Å²) >= 11 is 1.10. The first-order valence-corrected chi connectivity index (χ1v) is 6.95. The third-order valence-electron chi connectivity index (χ3n) is 2.96. The number of rotatable bonds is 4. The van der Waals surface area contributed by atoms with E-state index in [-0.39, 0.29) is 5.13 Å². The Labute approximate surface area is 111 Å². The van der Waals surface area contributed by atoms with E-state index in [1.54, 1.807) is 0 Å². The van der Waals surface area contributed by atoms with Gasteiger partial charge in [-0.2, -0.15) is 4.39 Å². The largest absolute Gasteiger partial charge is 0.372 e. The molecular weight excluding hydrogens is 247 g/mol. The fourth-order valence-electron chi connectivity index (χ4n) is 2.00. The van der Waals surface area contributed by atoms with Gasteiger partial charge in [-0.25, -0.2) is 4.98 Å². The van der Waals surface area contributed by atoms with Crippen LogP contribution in [0.3, 0.4) is 0 Å². The van der Waals surface area contributed by atoms with Crippen LogP contribution in [-0.4, -0.2) is 18.1 Å². The molecule has 0 aliphatic carbocycles. The first-order chi connectivity index (χ1) is 8.65. The summed E-state index contributed by atoms with van der Waals surface area (Å²) < 4.78 is 13.6. The van der Waals surface area contributed by atoms with E-state index >= 15 is 0 Å². The lowest BCUT2D eigenvalue weighted by atomic mass is 10.1. The average molecular weight is 264 g/mol. The van der Waals surface area contributed by atoms with Crippen molar-refractivity contribution < 1.29 is 4.39 Å². The predicted molar refractivity (Wildman–Crippen MR) is 75.8 cm³/mol. The van der Waals surface area contributed by atoms with Crippen molar-refractivity contribution in [3.05, 3.63) is 34.4 Å². The number of anilines is 1. The van der Waals surface area contributed by atoms with Crippen LogP contribution in [0.5, 0.6) is 0 Å². The number of aromatic nitrogens is 1. The molecule has 0 N–H and O–H groups in total. The highest BCUT2D eigenvalue weighted by Crippen LogP contribution is 2.27. The maximum Gasteiger partial charge on any atom is 0.204 e. The van der Waals surface area contributed by atoms with Crippen LogP contribution >= 0.6 is 11.3 Å². The molecule has 0 aliphatic rings. The number of benzene rings is 1. The van der Waals surface area contributed by atoms with Crippen LogP contribution in [-0.2, 0) is 0 Å². The number of hydrogen-bond acceptors (Lipinski definition) is 3. The van der Waals surface area contributed by atoms with Gasteiger partial charge in [0.05, 0.1) is 5.01 Å². The van der Waals surface area contributed by atoms with Crippen molar-refractivity contribution in [2.75, 3.05) is 18.0 Å². The fraction of sp³-hybridized carbons (Fsp3) is 0.357. The van der Waals surface area contributed by atoms with Crippen LogP contribution in [0.15, 0.2) is 24.3 Å². The highest BCUT2D eigenvalue weighted by Gasteiger charge is 2.11. The second-order valence-electron chi connectivity index (χ2n) is 4.07. The Morgan fingerprint density at radius 1 is 1.17 bits per heavy atom. The maximum absolute atomic E-state index is 13.6. The Hall–Kier alpha value is -1.42. The summed E-state index contributed by atoms with van der Waals surface area (Å²) in [4.78, 5) is 6.48. The molecular formula is C14H17FN2S. The number of thiazole rings is 1. The Bertz CT molecular complexity index is 515. The van der Waals surface area contributed by atoms with Crippen molar-refractivity contribution in [2.24, 2.45) is 0 Å². The number of halogens is 1. The minimum Gasteiger partial charge on any atom is -0.372 e. The number of aryl methyl sites for hydroxylation is 1. The normalized spacial score (nSPS) is 10.7. The van der Waals surface area contributed by atoms with Gasteiger partial charge in [-0.1, -0.05) is 23.5 Å². The summed E-state index contributed by atoms with van der Waals surface area (Å²) in [6, 6.07) is 7.92. The van der Waals surface area contributed by atoms with Gasteiger partial charge in [0.25, 0.3) is 0 Å². The molecule has 1 aromatic heterocycles. The molecule has 0 bridgehead atoms. The van der Waals surface area contributed by atoms with E-state index in [4.69, 9.17) is 0 Å². The minimum atomic E-state index is -0.205. The Kier molecular flexibility index (Phi) is 3.97. The quantitative estimate of drug-likeness (QED) is 0.826. The lowest BCUT2D eigenvalue weighted by Crippen LogP contribution is -2.21. The molecule has 0 saturated carbocycles. The molecule has 1 heterocycles. The van der Waals surface area contributed by atoms with Gasteiger partial charge in [-0.05, 0) is 32.9 Å². The van der Waals surface area contributed by atoms with Gasteiger partial charge in [0, 0.05) is 24.3 Å². The third-order valence-corrected chi connectivity index (χ3v) is 3.72. The molecule has 0 unspecified atom stereocenters. The Morgan fingerprint density at radius 2 is 1.78 bits per heavy atom. The van der Waals surface area contributed by atoms with Gasteiger partial charge in [-0.15, -0.1) is 0 Å². The molecule has 0 aliphatic heterocycles. The highest BCUT2D eigenvalue weighted by atomic mass is 32.1. The average Bonchev–Trinajstić information content (AvgIpc) is 2.71. The molecule has 0 amide bonds. The molecule has 0 atom stereocenters. The van der Waals surface area contributed by atoms with Gasteiger partial charge in [0.15, 0.2) is 0 Å². The van der Waals surface area contributed by atoms with Crippen molar-refractivity contribution in [1.82, 2.24) is 4.98 Å². The van der Waals surface area contributed by atoms with Crippen molar-refractivity contribution in [3.63, 3.8) is 0 Å². The standard InChI is InChI=1S/C14H17FN2S/c1-4-17(5-2)12-8-6-11(7-9-12)13-14(15)18-10(3)16-13/h6-9H,4-5H2,1-3H3. The second kappa shape index (κ2) is 5.48. The van der Waals surface area contributed by atoms with E-state index in [0.29, 0.717) is 5.69 Å². The van der Waals surface area contributed by atoms with Crippen LogP contribution in [0.25, 0.3) is 11.3 Å². The molecule has 0 fully saturated rings. The smallest absolute Gasteiger partial charge is 0.204 e. The fourth-order valence-corrected chi connectivity index (χ4v) is 2.66. The monoisotopic (exact) mass is 264 g/mol. The number of nitrogens with zero attached hydrogens (tertiary/aromatic N) is 2. The predicted octanol–water partition coefficient (Wildman–Crippen LogP) is 4.10. The van der Waals surface area contributed by atoms with Gasteiger partial charge in [-0.3, -0.25) is 0 Å². The molecule has 2 nitrogen and oxygen atoms in total. The SMILES string of the molecule is CCN(CC)c1ccc(-c2nc(C)sc2F)cc1. The molecule has 96 valence electrons. The lowest BCUT2D eigenvalue weighted by Gasteiger charge is -2.20. The molecule has 1 aromatic carbocycles. The summed E-state index contributed by atoms with van der Waals surface area (Å²) in [6.07, 6.45) is 0. The zero-order valence-electron chi connectivity index (χ0n) is 10.9. The van der Waals surface area contributed by atoms with Crippen LogP contribution < -0.4 is 4.90 Å². The van der Waals surface area contributed by atoms with Crippen LogP contribution in [0.1, 0.15) is 18.9 Å². The Balaban J connectivity index is 2.30.